The summed E-state index contributed by atoms with van der Waals surface area (Å²) in [7, 11) is 0. The van der Waals surface area contributed by atoms with Gasteiger partial charge < -0.3 is 14.9 Å². The van der Waals surface area contributed by atoms with Gasteiger partial charge in [-0.3, -0.25) is 0 Å². The molecule has 1 aliphatic rings. The van der Waals surface area contributed by atoms with Gasteiger partial charge in [0.15, 0.2) is 0 Å². The maximum absolute atomic E-state index is 11.3. The Bertz CT molecular complexity index is 636. The molecule has 0 saturated carbocycles. The summed E-state index contributed by atoms with van der Waals surface area (Å²) in [4.78, 5) is 0. The van der Waals surface area contributed by atoms with Crippen LogP contribution >= 0.6 is 0 Å². The maximum atomic E-state index is 11.3. The molecule has 1 heterocycles. The Hall–Kier alpha value is -2.26. The monoisotopic (exact) mass is 326 g/mol. The lowest BCUT2D eigenvalue weighted by atomic mass is 9.60. The van der Waals surface area contributed by atoms with E-state index in [1.807, 2.05) is 18.2 Å². The second kappa shape index (κ2) is 7.10. The fourth-order valence-corrected chi connectivity index (χ4v) is 3.96. The number of ether oxygens (including phenoxy) is 1. The van der Waals surface area contributed by atoms with E-state index in [2.05, 4.69) is 26.3 Å². The molecule has 2 unspecified atom stereocenters. The molecule has 1 aromatic carbocycles. The highest BCUT2D eigenvalue weighted by Crippen LogP contribution is 2.55. The number of rotatable bonds is 8. The summed E-state index contributed by atoms with van der Waals surface area (Å²) < 4.78 is 5.96. The van der Waals surface area contributed by atoms with Crippen LogP contribution in [0, 0.1) is 5.92 Å². The molecule has 3 nitrogen and oxygen atoms in total. The van der Waals surface area contributed by atoms with E-state index in [4.69, 9.17) is 4.74 Å². The molecule has 0 fully saturated rings. The van der Waals surface area contributed by atoms with Crippen LogP contribution in [0.5, 0.6) is 11.5 Å². The van der Waals surface area contributed by atoms with Crippen molar-refractivity contribution in [3.63, 3.8) is 0 Å². The molecule has 24 heavy (non-hydrogen) atoms. The second-order valence-electron chi connectivity index (χ2n) is 6.34. The van der Waals surface area contributed by atoms with Crippen molar-refractivity contribution in [2.24, 2.45) is 5.92 Å². The fraction of sp³-hybridized carbons (Fsp3) is 0.333. The SMILES string of the molecule is C=CCC1C(O)(CC=C)Oc2cc(O)ccc2C1(CC=C)CC=C. The molecule has 3 heteroatoms. The molecule has 1 aliphatic heterocycles. The van der Waals surface area contributed by atoms with E-state index in [-0.39, 0.29) is 18.1 Å². The van der Waals surface area contributed by atoms with Crippen molar-refractivity contribution in [1.82, 2.24) is 0 Å². The maximum Gasteiger partial charge on any atom is 0.215 e. The normalized spacial score (nSPS) is 24.3. The second-order valence-corrected chi connectivity index (χ2v) is 6.34. The lowest BCUT2D eigenvalue weighted by Crippen LogP contribution is -2.56. The third-order valence-corrected chi connectivity index (χ3v) is 4.86. The Morgan fingerprint density at radius 2 is 1.62 bits per heavy atom. The van der Waals surface area contributed by atoms with Gasteiger partial charge in [-0.15, -0.1) is 26.3 Å². The lowest BCUT2D eigenvalue weighted by molar-refractivity contribution is -0.205. The molecule has 0 radical (unpaired) electrons. The highest BCUT2D eigenvalue weighted by atomic mass is 16.6. The van der Waals surface area contributed by atoms with Gasteiger partial charge in [-0.2, -0.15) is 0 Å². The molecule has 0 bridgehead atoms. The van der Waals surface area contributed by atoms with Crippen LogP contribution in [0.2, 0.25) is 0 Å². The number of aliphatic hydroxyl groups is 1. The van der Waals surface area contributed by atoms with Crippen LogP contribution in [-0.4, -0.2) is 16.0 Å². The molecule has 2 atom stereocenters. The van der Waals surface area contributed by atoms with E-state index < -0.39 is 11.2 Å². The number of allylic oxidation sites excluding steroid dienone is 3. The van der Waals surface area contributed by atoms with E-state index >= 15 is 0 Å². The number of phenolic OH excluding ortho intramolecular Hbond substituents is 1. The van der Waals surface area contributed by atoms with Crippen molar-refractivity contribution >= 4 is 0 Å². The molecule has 2 rings (SSSR count). The van der Waals surface area contributed by atoms with E-state index in [9.17, 15) is 10.2 Å². The van der Waals surface area contributed by atoms with Gasteiger partial charge in [0.1, 0.15) is 11.5 Å². The molecule has 0 saturated heterocycles. The molecule has 0 amide bonds. The van der Waals surface area contributed by atoms with Crippen molar-refractivity contribution in [1.29, 1.82) is 0 Å². The molecule has 0 spiro atoms. The first-order valence-electron chi connectivity index (χ1n) is 8.16. The van der Waals surface area contributed by atoms with E-state index in [0.29, 0.717) is 25.0 Å². The number of hydrogen-bond donors (Lipinski definition) is 2. The van der Waals surface area contributed by atoms with Crippen molar-refractivity contribution in [3.05, 3.63) is 74.4 Å². The topological polar surface area (TPSA) is 49.7 Å². The van der Waals surface area contributed by atoms with Crippen LogP contribution < -0.4 is 4.74 Å². The van der Waals surface area contributed by atoms with Crippen LogP contribution in [0.25, 0.3) is 0 Å². The quantitative estimate of drug-likeness (QED) is 0.685. The van der Waals surface area contributed by atoms with Crippen molar-refractivity contribution in [2.45, 2.75) is 36.9 Å². The first kappa shape index (κ1) is 18.1. The van der Waals surface area contributed by atoms with Crippen LogP contribution in [0.15, 0.2) is 68.8 Å². The summed E-state index contributed by atoms with van der Waals surface area (Å²) in [6.45, 7) is 15.4. The van der Waals surface area contributed by atoms with E-state index in [1.54, 1.807) is 24.3 Å². The number of phenols is 1. The number of benzene rings is 1. The van der Waals surface area contributed by atoms with Gasteiger partial charge in [0.25, 0.3) is 0 Å². The summed E-state index contributed by atoms with van der Waals surface area (Å²) in [5.41, 5.74) is 0.511. The Labute approximate surface area is 144 Å². The van der Waals surface area contributed by atoms with Gasteiger partial charge in [-0.05, 0) is 25.3 Å². The molecule has 0 aromatic heterocycles. The van der Waals surface area contributed by atoms with Gasteiger partial charge >= 0.3 is 0 Å². The van der Waals surface area contributed by atoms with Gasteiger partial charge in [0.2, 0.25) is 5.79 Å². The minimum atomic E-state index is -1.43. The Balaban J connectivity index is 2.76. The smallest absolute Gasteiger partial charge is 0.215 e. The molecule has 2 N–H and O–H groups in total. The Morgan fingerprint density at radius 3 is 2.17 bits per heavy atom. The highest BCUT2D eigenvalue weighted by Gasteiger charge is 2.55. The fourth-order valence-electron chi connectivity index (χ4n) is 3.96. The first-order chi connectivity index (χ1) is 11.5. The van der Waals surface area contributed by atoms with E-state index in [1.165, 1.54) is 0 Å². The van der Waals surface area contributed by atoms with Gasteiger partial charge in [0.05, 0.1) is 0 Å². The van der Waals surface area contributed by atoms with Crippen LogP contribution in [0.1, 0.15) is 31.2 Å². The number of fused-ring (bicyclic) bond motifs is 1. The largest absolute Gasteiger partial charge is 0.508 e. The predicted molar refractivity (Wildman–Crippen MR) is 98.1 cm³/mol. The van der Waals surface area contributed by atoms with E-state index in [0.717, 1.165) is 5.56 Å². The highest BCUT2D eigenvalue weighted by molar-refractivity contribution is 5.48. The summed E-state index contributed by atoms with van der Waals surface area (Å²) in [5.74, 6) is -1.08. The third-order valence-electron chi connectivity index (χ3n) is 4.86. The Kier molecular flexibility index (Phi) is 5.35. The minimum Gasteiger partial charge on any atom is -0.508 e. The first-order valence-corrected chi connectivity index (χ1v) is 8.16. The van der Waals surface area contributed by atoms with Crippen LogP contribution in [-0.2, 0) is 5.41 Å². The zero-order valence-electron chi connectivity index (χ0n) is 14.1. The Morgan fingerprint density at radius 1 is 1.00 bits per heavy atom. The number of aromatic hydroxyl groups is 1. The van der Waals surface area contributed by atoms with Gasteiger partial charge in [0, 0.05) is 29.4 Å². The average Bonchev–Trinajstić information content (AvgIpc) is 2.52. The van der Waals surface area contributed by atoms with Crippen molar-refractivity contribution in [2.75, 3.05) is 0 Å². The summed E-state index contributed by atoms with van der Waals surface area (Å²) >= 11 is 0. The minimum absolute atomic E-state index is 0.1000. The molecule has 1 aromatic rings. The lowest BCUT2D eigenvalue weighted by Gasteiger charge is -2.52. The van der Waals surface area contributed by atoms with Crippen LogP contribution in [0.4, 0.5) is 0 Å². The summed E-state index contributed by atoms with van der Waals surface area (Å²) in [5, 5.41) is 21.1. The van der Waals surface area contributed by atoms with Gasteiger partial charge in [-0.1, -0.05) is 30.4 Å². The summed E-state index contributed by atoms with van der Waals surface area (Å²) in [6, 6.07) is 5.06. The standard InChI is InChI=1S/C21H26O3/c1-5-9-19-20(12-6-2,13-7-3)17-11-10-16(22)15-18(17)24-21(19,23)14-8-4/h5-8,10-11,15,19,22-23H,1-4,9,12-14H2. The molecule has 0 aliphatic carbocycles. The van der Waals surface area contributed by atoms with Crippen molar-refractivity contribution in [3.8, 4) is 11.5 Å². The number of hydrogen-bond acceptors (Lipinski definition) is 3. The predicted octanol–water partition coefficient (Wildman–Crippen LogP) is 4.63. The third kappa shape index (κ3) is 2.92. The van der Waals surface area contributed by atoms with Crippen LogP contribution in [0.3, 0.4) is 0 Å². The average molecular weight is 326 g/mol. The summed E-state index contributed by atoms with van der Waals surface area (Å²) in [6.07, 6.45) is 9.32. The molecular weight excluding hydrogens is 300 g/mol. The zero-order valence-corrected chi connectivity index (χ0v) is 14.1. The zero-order chi connectivity index (χ0) is 17.8. The molecular formula is C21H26O3. The van der Waals surface area contributed by atoms with Gasteiger partial charge in [-0.25, -0.2) is 0 Å². The van der Waals surface area contributed by atoms with Crippen molar-refractivity contribution < 1.29 is 14.9 Å². The molecule has 128 valence electrons.